The number of hydrogen-bond acceptors (Lipinski definition) is 6. The standard InChI is InChI=1S/C23H22F2N2O4/c24-23(25)31-20-9-8-18(13-21(20)30-19-10-12-29-15-19)27(17-6-2-1-3-7-17)22(28)16-5-4-11-26-14-16/h1-9,11,13-14,19,22-23,28H,10,12,15H2/t19-,22?/m1/s1. The minimum absolute atomic E-state index is 0.0745. The minimum atomic E-state index is -2.99. The van der Waals surface area contributed by atoms with Gasteiger partial charge in [-0.05, 0) is 30.3 Å². The summed E-state index contributed by atoms with van der Waals surface area (Å²) in [7, 11) is 0. The molecule has 0 aliphatic carbocycles. The van der Waals surface area contributed by atoms with Crippen molar-refractivity contribution in [3.05, 3.63) is 78.6 Å². The lowest BCUT2D eigenvalue weighted by molar-refractivity contribution is -0.0521. The number of alkyl halides is 2. The van der Waals surface area contributed by atoms with Gasteiger partial charge in [0, 0.05) is 41.8 Å². The molecule has 1 saturated heterocycles. The maximum Gasteiger partial charge on any atom is 0.387 e. The summed E-state index contributed by atoms with van der Waals surface area (Å²) in [4.78, 5) is 5.75. The van der Waals surface area contributed by atoms with Crippen LogP contribution in [0.3, 0.4) is 0 Å². The van der Waals surface area contributed by atoms with E-state index >= 15 is 0 Å². The summed E-state index contributed by atoms with van der Waals surface area (Å²) < 4.78 is 41.7. The van der Waals surface area contributed by atoms with Gasteiger partial charge >= 0.3 is 6.61 Å². The molecule has 4 rings (SSSR count). The van der Waals surface area contributed by atoms with Crippen LogP contribution in [0.15, 0.2) is 73.1 Å². The molecule has 0 amide bonds. The molecule has 3 aromatic rings. The molecule has 1 aromatic heterocycles. The summed E-state index contributed by atoms with van der Waals surface area (Å²) in [6.07, 6.45) is 2.51. The van der Waals surface area contributed by atoms with Crippen LogP contribution in [0.2, 0.25) is 0 Å². The highest BCUT2D eigenvalue weighted by atomic mass is 19.3. The Morgan fingerprint density at radius 1 is 1.03 bits per heavy atom. The minimum Gasteiger partial charge on any atom is -0.484 e. The summed E-state index contributed by atoms with van der Waals surface area (Å²) in [5.41, 5.74) is 1.82. The second kappa shape index (κ2) is 9.72. The zero-order valence-corrected chi connectivity index (χ0v) is 16.6. The smallest absolute Gasteiger partial charge is 0.387 e. The number of ether oxygens (including phenoxy) is 3. The summed E-state index contributed by atoms with van der Waals surface area (Å²) in [5, 5.41) is 11.2. The number of benzene rings is 2. The van der Waals surface area contributed by atoms with Crippen LogP contribution in [-0.4, -0.2) is 36.0 Å². The molecule has 1 aliphatic heterocycles. The van der Waals surface area contributed by atoms with E-state index in [1.165, 1.54) is 6.07 Å². The SMILES string of the molecule is OC(c1cccnc1)N(c1ccccc1)c1ccc(OC(F)F)c(O[C@@H]2CCOC2)c1. The maximum absolute atomic E-state index is 12.9. The average Bonchev–Trinajstić information content (AvgIpc) is 3.30. The lowest BCUT2D eigenvalue weighted by Gasteiger charge is -2.31. The number of hydrogen-bond donors (Lipinski definition) is 1. The van der Waals surface area contributed by atoms with Crippen molar-refractivity contribution in [2.75, 3.05) is 18.1 Å². The van der Waals surface area contributed by atoms with Gasteiger partial charge in [0.05, 0.1) is 13.2 Å². The number of aliphatic hydroxyl groups excluding tert-OH is 1. The van der Waals surface area contributed by atoms with Crippen LogP contribution in [-0.2, 0) is 4.74 Å². The molecule has 1 aliphatic rings. The zero-order valence-electron chi connectivity index (χ0n) is 16.6. The Labute approximate surface area is 178 Å². The maximum atomic E-state index is 12.9. The first kappa shape index (κ1) is 21.0. The molecular weight excluding hydrogens is 406 g/mol. The van der Waals surface area contributed by atoms with E-state index in [0.717, 1.165) is 0 Å². The number of rotatable bonds is 8. The lowest BCUT2D eigenvalue weighted by Crippen LogP contribution is -2.24. The fourth-order valence-corrected chi connectivity index (χ4v) is 3.42. The average molecular weight is 428 g/mol. The van der Waals surface area contributed by atoms with Crippen LogP contribution >= 0.6 is 0 Å². The van der Waals surface area contributed by atoms with Crippen molar-refractivity contribution in [2.24, 2.45) is 0 Å². The second-order valence-electron chi connectivity index (χ2n) is 6.98. The molecule has 0 radical (unpaired) electrons. The van der Waals surface area contributed by atoms with Crippen molar-refractivity contribution in [3.63, 3.8) is 0 Å². The molecular formula is C23H22F2N2O4. The predicted octanol–water partition coefficient (Wildman–Crippen LogP) is 4.68. The van der Waals surface area contributed by atoms with E-state index < -0.39 is 12.8 Å². The van der Waals surface area contributed by atoms with Crippen molar-refractivity contribution in [2.45, 2.75) is 25.4 Å². The van der Waals surface area contributed by atoms with Crippen molar-refractivity contribution in [1.29, 1.82) is 0 Å². The van der Waals surface area contributed by atoms with Crippen LogP contribution in [0.5, 0.6) is 11.5 Å². The van der Waals surface area contributed by atoms with Gasteiger partial charge in [0.15, 0.2) is 17.7 Å². The third-order valence-electron chi connectivity index (χ3n) is 4.86. The molecule has 1 unspecified atom stereocenters. The number of anilines is 2. The molecule has 0 saturated carbocycles. The monoisotopic (exact) mass is 428 g/mol. The highest BCUT2D eigenvalue weighted by molar-refractivity contribution is 5.67. The Morgan fingerprint density at radius 2 is 1.87 bits per heavy atom. The third kappa shape index (κ3) is 5.10. The lowest BCUT2D eigenvalue weighted by atomic mass is 10.1. The van der Waals surface area contributed by atoms with Gasteiger partial charge in [-0.25, -0.2) is 0 Å². The second-order valence-corrected chi connectivity index (χ2v) is 6.98. The Bertz CT molecular complexity index is 970. The predicted molar refractivity (Wildman–Crippen MR) is 111 cm³/mol. The van der Waals surface area contributed by atoms with Gasteiger partial charge in [-0.2, -0.15) is 8.78 Å². The van der Waals surface area contributed by atoms with Gasteiger partial charge in [-0.1, -0.05) is 24.3 Å². The van der Waals surface area contributed by atoms with Crippen molar-refractivity contribution < 1.29 is 28.1 Å². The highest BCUT2D eigenvalue weighted by Gasteiger charge is 2.25. The summed E-state index contributed by atoms with van der Waals surface area (Å²) >= 11 is 0. The van der Waals surface area contributed by atoms with E-state index in [1.54, 1.807) is 41.6 Å². The van der Waals surface area contributed by atoms with E-state index in [9.17, 15) is 13.9 Å². The third-order valence-corrected chi connectivity index (χ3v) is 4.86. The number of pyridine rings is 1. The zero-order chi connectivity index (χ0) is 21.6. The number of para-hydroxylation sites is 1. The molecule has 0 bridgehead atoms. The molecule has 8 heteroatoms. The molecule has 162 valence electrons. The summed E-state index contributed by atoms with van der Waals surface area (Å²) in [5.74, 6) is 0.0853. The Balaban J connectivity index is 1.74. The molecule has 2 atom stereocenters. The van der Waals surface area contributed by atoms with E-state index in [2.05, 4.69) is 9.72 Å². The molecule has 2 aromatic carbocycles. The molecule has 1 fully saturated rings. The van der Waals surface area contributed by atoms with E-state index in [4.69, 9.17) is 9.47 Å². The number of aliphatic hydroxyl groups is 1. The van der Waals surface area contributed by atoms with Gasteiger partial charge in [-0.15, -0.1) is 0 Å². The number of aromatic nitrogens is 1. The molecule has 6 nitrogen and oxygen atoms in total. The number of nitrogens with zero attached hydrogens (tertiary/aromatic N) is 2. The fourth-order valence-electron chi connectivity index (χ4n) is 3.42. The van der Waals surface area contributed by atoms with Crippen LogP contribution in [0.1, 0.15) is 18.2 Å². The van der Waals surface area contributed by atoms with Crippen LogP contribution in [0.4, 0.5) is 20.2 Å². The van der Waals surface area contributed by atoms with Crippen LogP contribution in [0, 0.1) is 0 Å². The summed E-state index contributed by atoms with van der Waals surface area (Å²) in [6.45, 7) is -2.07. The highest BCUT2D eigenvalue weighted by Crippen LogP contribution is 2.40. The van der Waals surface area contributed by atoms with Gasteiger partial charge in [0.2, 0.25) is 0 Å². The first-order valence-corrected chi connectivity index (χ1v) is 9.87. The molecule has 31 heavy (non-hydrogen) atoms. The van der Waals surface area contributed by atoms with E-state index in [1.807, 2.05) is 30.3 Å². The number of halogens is 2. The topological polar surface area (TPSA) is 64.1 Å². The van der Waals surface area contributed by atoms with Crippen molar-refractivity contribution in [1.82, 2.24) is 4.98 Å². The fraction of sp³-hybridized carbons (Fsp3) is 0.261. The van der Waals surface area contributed by atoms with E-state index in [-0.39, 0.29) is 17.6 Å². The Kier molecular flexibility index (Phi) is 6.59. The largest absolute Gasteiger partial charge is 0.484 e. The summed E-state index contributed by atoms with van der Waals surface area (Å²) in [6, 6.07) is 17.3. The first-order valence-electron chi connectivity index (χ1n) is 9.87. The van der Waals surface area contributed by atoms with Gasteiger partial charge in [0.25, 0.3) is 0 Å². The quantitative estimate of drug-likeness (QED) is 0.526. The van der Waals surface area contributed by atoms with Crippen LogP contribution < -0.4 is 14.4 Å². The normalized spacial score (nSPS) is 16.8. The van der Waals surface area contributed by atoms with Gasteiger partial charge in [0.1, 0.15) is 6.10 Å². The molecule has 0 spiro atoms. The van der Waals surface area contributed by atoms with Gasteiger partial charge in [-0.3, -0.25) is 4.98 Å². The van der Waals surface area contributed by atoms with Crippen molar-refractivity contribution >= 4 is 11.4 Å². The van der Waals surface area contributed by atoms with Gasteiger partial charge < -0.3 is 24.2 Å². The Hall–Kier alpha value is -3.23. The molecule has 1 N–H and O–H groups in total. The Morgan fingerprint density at radius 3 is 2.55 bits per heavy atom. The molecule has 2 heterocycles. The van der Waals surface area contributed by atoms with Crippen molar-refractivity contribution in [3.8, 4) is 11.5 Å². The van der Waals surface area contributed by atoms with E-state index in [0.29, 0.717) is 36.6 Å². The first-order chi connectivity index (χ1) is 15.1. The van der Waals surface area contributed by atoms with Crippen LogP contribution in [0.25, 0.3) is 0 Å².